The van der Waals surface area contributed by atoms with Crippen LogP contribution in [0.25, 0.3) is 0 Å². The van der Waals surface area contributed by atoms with E-state index < -0.39 is 0 Å². The third-order valence-corrected chi connectivity index (χ3v) is 3.65. The molecule has 2 aromatic rings. The summed E-state index contributed by atoms with van der Waals surface area (Å²) in [6.07, 6.45) is 1.17. The Balaban J connectivity index is 1.60. The summed E-state index contributed by atoms with van der Waals surface area (Å²) in [5, 5.41) is 3.22. The topological polar surface area (TPSA) is 41.6 Å². The second-order valence-electron chi connectivity index (χ2n) is 5.61. The molecular formula is C19H19NO2. The summed E-state index contributed by atoms with van der Waals surface area (Å²) in [6, 6.07) is 17.9. The largest absolute Gasteiger partial charge is 0.359 e. The van der Waals surface area contributed by atoms with Gasteiger partial charge in [0.05, 0.1) is 0 Å². The predicted octanol–water partition coefficient (Wildman–Crippen LogP) is 4.02. The summed E-state index contributed by atoms with van der Waals surface area (Å²) >= 11 is 0. The molecule has 1 heterocycles. The summed E-state index contributed by atoms with van der Waals surface area (Å²) in [6.45, 7) is 3.93. The number of carbonyl (C=O) groups excluding carboxylic acids is 1. The Morgan fingerprint density at radius 1 is 1.09 bits per heavy atom. The van der Waals surface area contributed by atoms with Crippen molar-refractivity contribution in [3.05, 3.63) is 77.5 Å². The molecular weight excluding hydrogens is 274 g/mol. The zero-order chi connectivity index (χ0) is 15.5. The van der Waals surface area contributed by atoms with Gasteiger partial charge in [0, 0.05) is 17.5 Å². The van der Waals surface area contributed by atoms with Crippen LogP contribution >= 0.6 is 0 Å². The van der Waals surface area contributed by atoms with E-state index in [1.165, 1.54) is 5.56 Å². The van der Waals surface area contributed by atoms with E-state index in [9.17, 15) is 4.79 Å². The average molecular weight is 293 g/mol. The maximum atomic E-state index is 12.2. The molecule has 0 bridgehead atoms. The summed E-state index contributed by atoms with van der Waals surface area (Å²) < 4.78 is 5.51. The highest BCUT2D eigenvalue weighted by Crippen LogP contribution is 2.39. The minimum Gasteiger partial charge on any atom is -0.359 e. The average Bonchev–Trinajstić information content (AvgIpc) is 3.31. The van der Waals surface area contributed by atoms with Crippen LogP contribution in [-0.2, 0) is 9.53 Å². The standard InChI is InChI=1S/C19H19NO2/c1-13-8-10-16(11-9-13)20-14(2)12-17(21)19-18(22-19)15-6-4-3-5-7-15/h3-12,18-20H,1-2H3/t18-,19-/m0/s1. The minimum atomic E-state index is -0.350. The third kappa shape index (κ3) is 3.43. The van der Waals surface area contributed by atoms with Crippen molar-refractivity contribution in [1.29, 1.82) is 0 Å². The van der Waals surface area contributed by atoms with Gasteiger partial charge < -0.3 is 10.1 Å². The van der Waals surface area contributed by atoms with E-state index >= 15 is 0 Å². The molecule has 3 rings (SSSR count). The molecule has 1 saturated heterocycles. The van der Waals surface area contributed by atoms with Crippen LogP contribution in [0.4, 0.5) is 5.69 Å². The molecule has 1 aliphatic rings. The van der Waals surface area contributed by atoms with E-state index in [0.29, 0.717) is 0 Å². The van der Waals surface area contributed by atoms with Crippen LogP contribution in [0.2, 0.25) is 0 Å². The Bertz CT molecular complexity index is 689. The zero-order valence-corrected chi connectivity index (χ0v) is 12.7. The van der Waals surface area contributed by atoms with Crippen LogP contribution in [0.3, 0.4) is 0 Å². The van der Waals surface area contributed by atoms with Crippen LogP contribution in [0, 0.1) is 6.92 Å². The highest BCUT2D eigenvalue weighted by atomic mass is 16.6. The van der Waals surface area contributed by atoms with Gasteiger partial charge in [-0.1, -0.05) is 48.0 Å². The molecule has 3 nitrogen and oxygen atoms in total. The van der Waals surface area contributed by atoms with Crippen LogP contribution in [0.1, 0.15) is 24.2 Å². The van der Waals surface area contributed by atoms with Crippen molar-refractivity contribution in [2.24, 2.45) is 0 Å². The Hall–Kier alpha value is -2.39. The molecule has 0 spiro atoms. The molecule has 112 valence electrons. The summed E-state index contributed by atoms with van der Waals surface area (Å²) in [5.41, 5.74) is 4.05. The van der Waals surface area contributed by atoms with Gasteiger partial charge in [-0.25, -0.2) is 0 Å². The first kappa shape index (κ1) is 14.5. The molecule has 2 aromatic carbocycles. The fourth-order valence-corrected chi connectivity index (χ4v) is 2.42. The number of aryl methyl sites for hydroxylation is 1. The second-order valence-corrected chi connectivity index (χ2v) is 5.61. The van der Waals surface area contributed by atoms with Gasteiger partial charge in [0.15, 0.2) is 11.9 Å². The Kier molecular flexibility index (Phi) is 4.07. The molecule has 3 heteroatoms. The lowest BCUT2D eigenvalue weighted by Crippen LogP contribution is -2.07. The number of benzene rings is 2. The first-order valence-electron chi connectivity index (χ1n) is 7.40. The molecule has 0 amide bonds. The van der Waals surface area contributed by atoms with Crippen molar-refractivity contribution in [3.8, 4) is 0 Å². The van der Waals surface area contributed by atoms with E-state index in [4.69, 9.17) is 4.74 Å². The minimum absolute atomic E-state index is 0.00552. The van der Waals surface area contributed by atoms with Gasteiger partial charge >= 0.3 is 0 Å². The first-order valence-corrected chi connectivity index (χ1v) is 7.40. The van der Waals surface area contributed by atoms with Gasteiger partial charge in [0.2, 0.25) is 0 Å². The maximum Gasteiger partial charge on any atom is 0.189 e. The van der Waals surface area contributed by atoms with Crippen LogP contribution in [0.15, 0.2) is 66.4 Å². The fourth-order valence-electron chi connectivity index (χ4n) is 2.42. The number of allylic oxidation sites excluding steroid dienone is 1. The van der Waals surface area contributed by atoms with Crippen LogP contribution < -0.4 is 5.32 Å². The van der Waals surface area contributed by atoms with E-state index in [0.717, 1.165) is 16.9 Å². The zero-order valence-electron chi connectivity index (χ0n) is 12.7. The van der Waals surface area contributed by atoms with Gasteiger partial charge in [0.1, 0.15) is 6.10 Å². The van der Waals surface area contributed by atoms with Gasteiger partial charge in [-0.2, -0.15) is 0 Å². The number of nitrogens with one attached hydrogen (secondary N) is 1. The molecule has 22 heavy (non-hydrogen) atoms. The van der Waals surface area contributed by atoms with Gasteiger partial charge in [-0.3, -0.25) is 4.79 Å². The van der Waals surface area contributed by atoms with Gasteiger partial charge in [-0.15, -0.1) is 0 Å². The molecule has 1 fully saturated rings. The summed E-state index contributed by atoms with van der Waals surface area (Å²) in [5.74, 6) is 0.00552. The number of hydrogen-bond donors (Lipinski definition) is 1. The quantitative estimate of drug-likeness (QED) is 0.668. The van der Waals surface area contributed by atoms with E-state index in [1.807, 2.05) is 68.4 Å². The number of ketones is 1. The van der Waals surface area contributed by atoms with Crippen molar-refractivity contribution in [3.63, 3.8) is 0 Å². The smallest absolute Gasteiger partial charge is 0.189 e. The van der Waals surface area contributed by atoms with Gasteiger partial charge in [-0.05, 0) is 31.5 Å². The molecule has 1 N–H and O–H groups in total. The second kappa shape index (κ2) is 6.16. The summed E-state index contributed by atoms with van der Waals surface area (Å²) in [4.78, 5) is 12.2. The predicted molar refractivity (Wildman–Crippen MR) is 87.6 cm³/mol. The summed E-state index contributed by atoms with van der Waals surface area (Å²) in [7, 11) is 0. The molecule has 2 atom stereocenters. The highest BCUT2D eigenvalue weighted by molar-refractivity contribution is 5.96. The first-order chi connectivity index (χ1) is 10.6. The van der Waals surface area contributed by atoms with Crippen molar-refractivity contribution < 1.29 is 9.53 Å². The monoisotopic (exact) mass is 293 g/mol. The number of carbonyl (C=O) groups is 1. The number of anilines is 1. The highest BCUT2D eigenvalue weighted by Gasteiger charge is 2.44. The molecule has 0 aliphatic carbocycles. The lowest BCUT2D eigenvalue weighted by Gasteiger charge is -2.06. The Morgan fingerprint density at radius 3 is 2.45 bits per heavy atom. The Labute approximate surface area is 130 Å². The molecule has 0 radical (unpaired) electrons. The lowest BCUT2D eigenvalue weighted by atomic mass is 10.1. The normalized spacial score (nSPS) is 20.5. The van der Waals surface area contributed by atoms with Crippen LogP contribution in [0.5, 0.6) is 0 Å². The van der Waals surface area contributed by atoms with Gasteiger partial charge in [0.25, 0.3) is 0 Å². The van der Waals surface area contributed by atoms with E-state index in [-0.39, 0.29) is 18.0 Å². The molecule has 0 unspecified atom stereocenters. The number of ether oxygens (including phenoxy) is 1. The van der Waals surface area contributed by atoms with Crippen molar-refractivity contribution >= 4 is 11.5 Å². The number of hydrogen-bond acceptors (Lipinski definition) is 3. The van der Waals surface area contributed by atoms with E-state index in [1.54, 1.807) is 6.08 Å². The molecule has 1 aliphatic heterocycles. The number of rotatable bonds is 5. The van der Waals surface area contributed by atoms with Crippen molar-refractivity contribution in [1.82, 2.24) is 0 Å². The molecule has 0 saturated carbocycles. The fraction of sp³-hybridized carbons (Fsp3) is 0.211. The van der Waals surface area contributed by atoms with Crippen LogP contribution in [-0.4, -0.2) is 11.9 Å². The Morgan fingerprint density at radius 2 is 1.77 bits per heavy atom. The third-order valence-electron chi connectivity index (χ3n) is 3.65. The SMILES string of the molecule is CC(=CC(=O)[C@@H]1O[C@H]1c1ccccc1)Nc1ccc(C)cc1. The molecule has 0 aromatic heterocycles. The van der Waals surface area contributed by atoms with Crippen molar-refractivity contribution in [2.75, 3.05) is 5.32 Å². The number of epoxide rings is 1. The van der Waals surface area contributed by atoms with E-state index in [2.05, 4.69) is 5.32 Å². The maximum absolute atomic E-state index is 12.2. The van der Waals surface area contributed by atoms with Crippen molar-refractivity contribution in [2.45, 2.75) is 26.1 Å². The lowest BCUT2D eigenvalue weighted by molar-refractivity contribution is -0.115.